The van der Waals surface area contributed by atoms with Gasteiger partial charge in [-0.3, -0.25) is 14.5 Å². The van der Waals surface area contributed by atoms with E-state index in [4.69, 9.17) is 9.47 Å². The maximum absolute atomic E-state index is 13.8. The van der Waals surface area contributed by atoms with E-state index in [-0.39, 0.29) is 17.9 Å². The summed E-state index contributed by atoms with van der Waals surface area (Å²) in [6.45, 7) is 12.7. The van der Waals surface area contributed by atoms with Gasteiger partial charge in [-0.1, -0.05) is 20.3 Å². The molecule has 0 unspecified atom stereocenters. The topological polar surface area (TPSA) is 109 Å². The number of hydrogen-bond donors (Lipinski definition) is 2. The number of carbonyl (C=O) groups excluding carboxylic acids is 2. The number of nitrogens with zero attached hydrogens (tertiary/aromatic N) is 4. The molecule has 3 fully saturated rings. The van der Waals surface area contributed by atoms with Crippen molar-refractivity contribution in [3.8, 4) is 0 Å². The van der Waals surface area contributed by atoms with E-state index in [1.165, 1.54) is 0 Å². The number of hydrogen-bond acceptors (Lipinski definition) is 8. The summed E-state index contributed by atoms with van der Waals surface area (Å²) in [6, 6.07) is -0.610. The van der Waals surface area contributed by atoms with Gasteiger partial charge >= 0.3 is 0 Å². The second-order valence-corrected chi connectivity index (χ2v) is 11.6. The van der Waals surface area contributed by atoms with Gasteiger partial charge in [-0.25, -0.2) is 9.97 Å². The van der Waals surface area contributed by atoms with Crippen molar-refractivity contribution in [3.63, 3.8) is 0 Å². The summed E-state index contributed by atoms with van der Waals surface area (Å²) < 4.78 is 11.2. The van der Waals surface area contributed by atoms with Crippen molar-refractivity contribution in [1.82, 2.24) is 25.5 Å². The number of aromatic nitrogens is 2. The molecule has 0 aromatic carbocycles. The number of carbonyl (C=O) groups is 2. The molecule has 0 bridgehead atoms. The molecule has 3 aliphatic heterocycles. The summed E-state index contributed by atoms with van der Waals surface area (Å²) >= 11 is 0. The van der Waals surface area contributed by atoms with Gasteiger partial charge in [0.1, 0.15) is 6.04 Å². The number of nitrogens with one attached hydrogen (secondary N) is 2. The van der Waals surface area contributed by atoms with E-state index in [2.05, 4.69) is 44.2 Å². The average molecular weight is 531 g/mol. The van der Waals surface area contributed by atoms with Crippen LogP contribution in [0.3, 0.4) is 0 Å². The molecule has 4 rings (SSSR count). The Bertz CT molecular complexity index is 897. The van der Waals surface area contributed by atoms with Crippen LogP contribution in [0.25, 0.3) is 0 Å². The number of likely N-dealkylation sites (tertiary alicyclic amines) is 1. The SMILES string of the molecule is CC(C)C[C@@H]1NC(=O)C2(CCCCOC[C@@H](C)NC1=O)CCN(Cc1cnc(N3CCOCC3)nc1)CC2. The van der Waals surface area contributed by atoms with E-state index in [0.717, 1.165) is 76.3 Å². The van der Waals surface area contributed by atoms with Gasteiger partial charge < -0.3 is 25.0 Å². The first-order valence-corrected chi connectivity index (χ1v) is 14.4. The lowest BCUT2D eigenvalue weighted by Gasteiger charge is -2.41. The number of ether oxygens (including phenoxy) is 2. The Kier molecular flexibility index (Phi) is 10.3. The van der Waals surface area contributed by atoms with E-state index in [1.54, 1.807) is 0 Å². The normalized spacial score (nSPS) is 26.3. The third-order valence-corrected chi connectivity index (χ3v) is 7.97. The second kappa shape index (κ2) is 13.7. The lowest BCUT2D eigenvalue weighted by molar-refractivity contribution is -0.138. The van der Waals surface area contributed by atoms with Gasteiger partial charge in [-0.15, -0.1) is 0 Å². The van der Waals surface area contributed by atoms with Crippen LogP contribution in [0.5, 0.6) is 0 Å². The molecule has 2 atom stereocenters. The molecule has 4 heterocycles. The van der Waals surface area contributed by atoms with Gasteiger partial charge in [0.05, 0.1) is 25.2 Å². The lowest BCUT2D eigenvalue weighted by atomic mass is 9.73. The van der Waals surface area contributed by atoms with Crippen molar-refractivity contribution in [2.45, 2.75) is 77.9 Å². The quantitative estimate of drug-likeness (QED) is 0.596. The Morgan fingerprint density at radius 3 is 2.37 bits per heavy atom. The summed E-state index contributed by atoms with van der Waals surface area (Å²) in [4.78, 5) is 40.6. The minimum atomic E-state index is -0.525. The molecule has 0 saturated carbocycles. The van der Waals surface area contributed by atoms with Crippen LogP contribution in [0.1, 0.15) is 64.9 Å². The molecule has 2 amide bonds. The summed E-state index contributed by atoms with van der Waals surface area (Å²) in [7, 11) is 0. The molecular formula is C28H46N6O4. The summed E-state index contributed by atoms with van der Waals surface area (Å²) in [6.07, 6.45) is 8.69. The van der Waals surface area contributed by atoms with Crippen LogP contribution in [-0.2, 0) is 25.6 Å². The Balaban J connectivity index is 1.39. The van der Waals surface area contributed by atoms with Crippen molar-refractivity contribution in [2.24, 2.45) is 11.3 Å². The van der Waals surface area contributed by atoms with Gasteiger partial charge in [0, 0.05) is 50.2 Å². The van der Waals surface area contributed by atoms with Crippen LogP contribution in [-0.4, -0.2) is 91.4 Å². The predicted molar refractivity (Wildman–Crippen MR) is 146 cm³/mol. The van der Waals surface area contributed by atoms with Crippen LogP contribution in [0.15, 0.2) is 12.4 Å². The lowest BCUT2D eigenvalue weighted by Crippen LogP contribution is -2.55. The molecule has 3 saturated heterocycles. The van der Waals surface area contributed by atoms with Crippen molar-refractivity contribution < 1.29 is 19.1 Å². The first-order valence-electron chi connectivity index (χ1n) is 14.4. The van der Waals surface area contributed by atoms with Crippen LogP contribution in [0.4, 0.5) is 5.95 Å². The Morgan fingerprint density at radius 1 is 0.974 bits per heavy atom. The predicted octanol–water partition coefficient (Wildman–Crippen LogP) is 2.13. The number of piperidine rings is 1. The zero-order chi connectivity index (χ0) is 27.0. The average Bonchev–Trinajstić information content (AvgIpc) is 2.92. The van der Waals surface area contributed by atoms with E-state index >= 15 is 0 Å². The van der Waals surface area contributed by atoms with E-state index in [1.807, 2.05) is 19.3 Å². The Labute approximate surface area is 227 Å². The fourth-order valence-electron chi connectivity index (χ4n) is 5.67. The van der Waals surface area contributed by atoms with Crippen molar-refractivity contribution in [1.29, 1.82) is 0 Å². The number of rotatable bonds is 5. The summed E-state index contributed by atoms with van der Waals surface area (Å²) in [5, 5.41) is 6.21. The van der Waals surface area contributed by atoms with Crippen molar-refractivity contribution in [2.75, 3.05) is 57.5 Å². The first kappa shape index (κ1) is 28.7. The summed E-state index contributed by atoms with van der Waals surface area (Å²) in [5.74, 6) is 0.969. The van der Waals surface area contributed by atoms with E-state index in [9.17, 15) is 9.59 Å². The third-order valence-electron chi connectivity index (χ3n) is 7.97. The maximum atomic E-state index is 13.8. The molecule has 10 heteroatoms. The zero-order valence-electron chi connectivity index (χ0n) is 23.4. The van der Waals surface area contributed by atoms with Gasteiger partial charge in [0.15, 0.2) is 0 Å². The molecule has 3 aliphatic rings. The highest BCUT2D eigenvalue weighted by atomic mass is 16.5. The molecule has 1 aromatic rings. The zero-order valence-corrected chi connectivity index (χ0v) is 23.4. The molecule has 10 nitrogen and oxygen atoms in total. The molecule has 2 N–H and O–H groups in total. The van der Waals surface area contributed by atoms with Crippen LogP contribution in [0, 0.1) is 11.3 Å². The smallest absolute Gasteiger partial charge is 0.242 e. The molecule has 212 valence electrons. The standard InChI is InChI=1S/C28H46N6O4/c1-21(2)16-24-25(35)31-22(3)20-38-13-5-4-6-28(26(36)32-24)7-9-33(10-8-28)19-23-17-29-27(30-18-23)34-11-14-37-15-12-34/h17-18,21-22,24H,4-16,19-20H2,1-3H3,(H,31,35)(H,32,36)/t22-,24+/m1/s1. The number of morpholine rings is 1. The minimum absolute atomic E-state index is 0.0314. The molecule has 38 heavy (non-hydrogen) atoms. The number of anilines is 1. The molecular weight excluding hydrogens is 484 g/mol. The summed E-state index contributed by atoms with van der Waals surface area (Å²) in [5.41, 5.74) is 0.625. The Hall–Kier alpha value is -2.30. The van der Waals surface area contributed by atoms with Gasteiger partial charge in [-0.05, 0) is 58.0 Å². The first-order chi connectivity index (χ1) is 18.3. The fraction of sp³-hybridized carbons (Fsp3) is 0.786. The highest BCUT2D eigenvalue weighted by Crippen LogP contribution is 2.38. The number of amides is 2. The molecule has 1 aromatic heterocycles. The molecule has 0 radical (unpaired) electrons. The van der Waals surface area contributed by atoms with Crippen molar-refractivity contribution >= 4 is 17.8 Å². The third kappa shape index (κ3) is 7.86. The van der Waals surface area contributed by atoms with Crippen molar-refractivity contribution in [3.05, 3.63) is 18.0 Å². The molecule has 1 spiro atoms. The fourth-order valence-corrected chi connectivity index (χ4v) is 5.67. The van der Waals surface area contributed by atoms with Gasteiger partial charge in [0.2, 0.25) is 17.8 Å². The van der Waals surface area contributed by atoms with Crippen LogP contribution >= 0.6 is 0 Å². The van der Waals surface area contributed by atoms with E-state index < -0.39 is 11.5 Å². The minimum Gasteiger partial charge on any atom is -0.379 e. The maximum Gasteiger partial charge on any atom is 0.242 e. The highest BCUT2D eigenvalue weighted by Gasteiger charge is 2.42. The monoisotopic (exact) mass is 530 g/mol. The molecule has 0 aliphatic carbocycles. The van der Waals surface area contributed by atoms with Gasteiger partial charge in [0.25, 0.3) is 0 Å². The van der Waals surface area contributed by atoms with Crippen LogP contribution < -0.4 is 15.5 Å². The highest BCUT2D eigenvalue weighted by molar-refractivity contribution is 5.90. The van der Waals surface area contributed by atoms with Crippen LogP contribution in [0.2, 0.25) is 0 Å². The Morgan fingerprint density at radius 2 is 1.68 bits per heavy atom. The largest absolute Gasteiger partial charge is 0.379 e. The van der Waals surface area contributed by atoms with E-state index in [0.29, 0.717) is 38.8 Å². The second-order valence-electron chi connectivity index (χ2n) is 11.6. The van der Waals surface area contributed by atoms with Gasteiger partial charge in [-0.2, -0.15) is 0 Å².